The average molecular weight is 292 g/mol. The molecule has 0 amide bonds. The number of halogens is 1. The van der Waals surface area contributed by atoms with Crippen molar-refractivity contribution in [1.29, 1.82) is 0 Å². The van der Waals surface area contributed by atoms with Gasteiger partial charge in [0.1, 0.15) is 17.5 Å². The normalized spacial score (nSPS) is 19.8. The fraction of sp³-hybridized carbons (Fsp3) is 0.529. The van der Waals surface area contributed by atoms with Crippen LogP contribution in [0.15, 0.2) is 28.7 Å². The van der Waals surface area contributed by atoms with E-state index in [4.69, 9.17) is 9.15 Å². The van der Waals surface area contributed by atoms with Gasteiger partial charge in [-0.2, -0.15) is 0 Å². The van der Waals surface area contributed by atoms with Crippen LogP contribution in [0.1, 0.15) is 50.9 Å². The van der Waals surface area contributed by atoms with Gasteiger partial charge in [0.2, 0.25) is 0 Å². The zero-order valence-corrected chi connectivity index (χ0v) is 12.3. The van der Waals surface area contributed by atoms with Crippen LogP contribution in [0.2, 0.25) is 0 Å². The Hall–Kier alpha value is -1.39. The number of para-hydroxylation sites is 1. The molecule has 1 N–H and O–H groups in total. The third kappa shape index (κ3) is 2.58. The second-order valence-corrected chi connectivity index (χ2v) is 5.77. The quantitative estimate of drug-likeness (QED) is 0.911. The van der Waals surface area contributed by atoms with E-state index < -0.39 is 17.5 Å². The molecule has 3 rings (SSSR count). The first-order valence-electron chi connectivity index (χ1n) is 7.66. The molecule has 3 nitrogen and oxygen atoms in total. The summed E-state index contributed by atoms with van der Waals surface area (Å²) in [7, 11) is 0. The van der Waals surface area contributed by atoms with Crippen molar-refractivity contribution in [2.45, 2.75) is 50.7 Å². The number of aliphatic hydroxyl groups is 1. The van der Waals surface area contributed by atoms with Gasteiger partial charge in [0.15, 0.2) is 11.4 Å². The molecule has 0 aliphatic heterocycles. The lowest BCUT2D eigenvalue weighted by Gasteiger charge is -2.39. The predicted molar refractivity (Wildman–Crippen MR) is 78.6 cm³/mol. The van der Waals surface area contributed by atoms with Gasteiger partial charge in [-0.25, -0.2) is 4.39 Å². The summed E-state index contributed by atoms with van der Waals surface area (Å²) >= 11 is 0. The van der Waals surface area contributed by atoms with E-state index in [9.17, 15) is 9.50 Å². The average Bonchev–Trinajstić information content (AvgIpc) is 2.93. The minimum Gasteiger partial charge on any atom is -0.455 e. The zero-order chi connectivity index (χ0) is 14.9. The van der Waals surface area contributed by atoms with E-state index in [0.29, 0.717) is 17.8 Å². The monoisotopic (exact) mass is 292 g/mol. The standard InChI is InChI=1S/C17H21FO3/c1-2-20-17(9-4-3-5-10-17)16(19)14-11-12-7-6-8-13(18)15(12)21-14/h6-8,11,16,19H,2-5,9-10H2,1H3. The van der Waals surface area contributed by atoms with Crippen LogP contribution in [0.5, 0.6) is 0 Å². The number of fused-ring (bicyclic) bond motifs is 1. The Morgan fingerprint density at radius 1 is 1.33 bits per heavy atom. The van der Waals surface area contributed by atoms with Gasteiger partial charge < -0.3 is 14.3 Å². The van der Waals surface area contributed by atoms with Gasteiger partial charge in [-0.15, -0.1) is 0 Å². The minimum atomic E-state index is -0.857. The Morgan fingerprint density at radius 2 is 2.10 bits per heavy atom. The molecule has 114 valence electrons. The first-order chi connectivity index (χ1) is 10.2. The lowest BCUT2D eigenvalue weighted by Crippen LogP contribution is -2.41. The van der Waals surface area contributed by atoms with Crippen molar-refractivity contribution in [3.63, 3.8) is 0 Å². The second-order valence-electron chi connectivity index (χ2n) is 5.77. The number of hydrogen-bond donors (Lipinski definition) is 1. The minimum absolute atomic E-state index is 0.203. The van der Waals surface area contributed by atoms with Crippen molar-refractivity contribution in [3.8, 4) is 0 Å². The fourth-order valence-corrected chi connectivity index (χ4v) is 3.38. The lowest BCUT2D eigenvalue weighted by atomic mass is 9.79. The Balaban J connectivity index is 1.97. The van der Waals surface area contributed by atoms with Crippen LogP contribution in [0, 0.1) is 5.82 Å². The molecular weight excluding hydrogens is 271 g/mol. The molecule has 1 aromatic heterocycles. The second kappa shape index (κ2) is 5.78. The first-order valence-corrected chi connectivity index (χ1v) is 7.66. The molecule has 1 saturated carbocycles. The van der Waals surface area contributed by atoms with Crippen molar-refractivity contribution in [3.05, 3.63) is 35.8 Å². The van der Waals surface area contributed by atoms with E-state index in [1.165, 1.54) is 6.07 Å². The summed E-state index contributed by atoms with van der Waals surface area (Å²) in [5.41, 5.74) is -0.397. The van der Waals surface area contributed by atoms with Gasteiger partial charge in [-0.3, -0.25) is 0 Å². The number of benzene rings is 1. The maximum absolute atomic E-state index is 13.7. The van der Waals surface area contributed by atoms with Gasteiger partial charge in [-0.1, -0.05) is 31.4 Å². The largest absolute Gasteiger partial charge is 0.455 e. The third-order valence-electron chi connectivity index (χ3n) is 4.41. The Kier molecular flexibility index (Phi) is 4.00. The molecule has 1 aliphatic carbocycles. The summed E-state index contributed by atoms with van der Waals surface area (Å²) in [5, 5.41) is 11.5. The van der Waals surface area contributed by atoms with E-state index in [-0.39, 0.29) is 5.58 Å². The van der Waals surface area contributed by atoms with Crippen molar-refractivity contribution in [1.82, 2.24) is 0 Å². The van der Waals surface area contributed by atoms with Crippen molar-refractivity contribution in [2.24, 2.45) is 0 Å². The molecule has 21 heavy (non-hydrogen) atoms. The molecule has 1 aromatic carbocycles. The number of ether oxygens (including phenoxy) is 1. The molecule has 1 unspecified atom stereocenters. The molecule has 0 bridgehead atoms. The maximum Gasteiger partial charge on any atom is 0.170 e. The Labute approximate surface area is 123 Å². The highest BCUT2D eigenvalue weighted by Gasteiger charge is 2.42. The molecule has 1 aliphatic rings. The molecule has 2 aromatic rings. The van der Waals surface area contributed by atoms with Gasteiger partial charge in [0, 0.05) is 12.0 Å². The molecule has 1 fully saturated rings. The lowest BCUT2D eigenvalue weighted by molar-refractivity contribution is -0.147. The summed E-state index contributed by atoms with van der Waals surface area (Å²) < 4.78 is 25.2. The topological polar surface area (TPSA) is 42.6 Å². The molecule has 0 saturated heterocycles. The fourth-order valence-electron chi connectivity index (χ4n) is 3.38. The van der Waals surface area contributed by atoms with Crippen molar-refractivity contribution < 1.29 is 18.7 Å². The van der Waals surface area contributed by atoms with E-state index >= 15 is 0 Å². The molecule has 1 heterocycles. The van der Waals surface area contributed by atoms with Crippen LogP contribution in [0.4, 0.5) is 4.39 Å². The number of aliphatic hydroxyl groups excluding tert-OH is 1. The van der Waals surface area contributed by atoms with Gasteiger partial charge in [0.25, 0.3) is 0 Å². The third-order valence-corrected chi connectivity index (χ3v) is 4.41. The van der Waals surface area contributed by atoms with Crippen LogP contribution >= 0.6 is 0 Å². The van der Waals surface area contributed by atoms with E-state index in [1.54, 1.807) is 18.2 Å². The van der Waals surface area contributed by atoms with Crippen LogP contribution in [-0.4, -0.2) is 17.3 Å². The Morgan fingerprint density at radius 3 is 2.76 bits per heavy atom. The summed E-state index contributed by atoms with van der Waals surface area (Å²) in [6.45, 7) is 2.48. The highest BCUT2D eigenvalue weighted by atomic mass is 19.1. The van der Waals surface area contributed by atoms with E-state index in [1.807, 2.05) is 6.92 Å². The SMILES string of the molecule is CCOC1(C(O)c2cc3cccc(F)c3o2)CCCCC1. The summed E-state index contributed by atoms with van der Waals surface area (Å²) in [6.07, 6.45) is 3.99. The zero-order valence-electron chi connectivity index (χ0n) is 12.3. The van der Waals surface area contributed by atoms with Gasteiger partial charge >= 0.3 is 0 Å². The molecule has 0 radical (unpaired) electrons. The highest BCUT2D eigenvalue weighted by molar-refractivity contribution is 5.78. The maximum atomic E-state index is 13.7. The summed E-state index contributed by atoms with van der Waals surface area (Å²) in [4.78, 5) is 0. The van der Waals surface area contributed by atoms with E-state index in [2.05, 4.69) is 0 Å². The summed E-state index contributed by atoms with van der Waals surface area (Å²) in [6, 6.07) is 6.51. The molecule has 0 spiro atoms. The molecule has 1 atom stereocenters. The highest BCUT2D eigenvalue weighted by Crippen LogP contribution is 2.42. The number of rotatable bonds is 4. The number of furan rings is 1. The Bertz CT molecular complexity index is 608. The number of hydrogen-bond acceptors (Lipinski definition) is 3. The van der Waals surface area contributed by atoms with Crippen LogP contribution in [0.3, 0.4) is 0 Å². The van der Waals surface area contributed by atoms with Crippen molar-refractivity contribution >= 4 is 11.0 Å². The predicted octanol–water partition coefficient (Wildman–Crippen LogP) is 4.34. The van der Waals surface area contributed by atoms with Crippen LogP contribution in [0.25, 0.3) is 11.0 Å². The van der Waals surface area contributed by atoms with Crippen LogP contribution in [-0.2, 0) is 4.74 Å². The van der Waals surface area contributed by atoms with Gasteiger partial charge in [-0.05, 0) is 31.9 Å². The first kappa shape index (κ1) is 14.5. The summed E-state index contributed by atoms with van der Waals surface area (Å²) in [5.74, 6) is -0.00879. The molecular formula is C17H21FO3. The van der Waals surface area contributed by atoms with Crippen molar-refractivity contribution in [2.75, 3.05) is 6.61 Å². The molecule has 4 heteroatoms. The smallest absolute Gasteiger partial charge is 0.170 e. The van der Waals surface area contributed by atoms with E-state index in [0.717, 1.165) is 32.1 Å². The van der Waals surface area contributed by atoms with Crippen LogP contribution < -0.4 is 0 Å². The van der Waals surface area contributed by atoms with Gasteiger partial charge in [0.05, 0.1) is 0 Å².